The zero-order valence-electron chi connectivity index (χ0n) is 14.9. The van der Waals surface area contributed by atoms with Gasteiger partial charge in [0.15, 0.2) is 6.61 Å². The lowest BCUT2D eigenvalue weighted by Crippen LogP contribution is -2.13. The Bertz CT molecular complexity index is 824. The van der Waals surface area contributed by atoms with Crippen LogP contribution in [0.25, 0.3) is 6.08 Å². The Hall–Kier alpha value is -2.62. The predicted octanol–water partition coefficient (Wildman–Crippen LogP) is 4.19. The molecule has 1 saturated carbocycles. The van der Waals surface area contributed by atoms with E-state index < -0.39 is 5.97 Å². The number of hydrogen-bond donors (Lipinski definition) is 0. The highest BCUT2D eigenvalue weighted by Crippen LogP contribution is 2.38. The Morgan fingerprint density at radius 1 is 1.16 bits per heavy atom. The standard InChI is InChI=1S/C21H23NO3/c1-14-4-6-17(7-5-14)8-11-21(24)25-13-20(23)19-12-15(2)22(16(19)3)18-9-10-18/h4-8,11-12,18H,9-10,13H2,1-3H3/b11-8+. The van der Waals surface area contributed by atoms with E-state index in [1.54, 1.807) is 6.08 Å². The lowest BCUT2D eigenvalue weighted by molar-refractivity contribution is -0.136. The highest BCUT2D eigenvalue weighted by molar-refractivity contribution is 6.00. The van der Waals surface area contributed by atoms with Crippen LogP contribution in [0.1, 0.15) is 51.8 Å². The van der Waals surface area contributed by atoms with Crippen LogP contribution >= 0.6 is 0 Å². The van der Waals surface area contributed by atoms with Gasteiger partial charge in [-0.15, -0.1) is 0 Å². The van der Waals surface area contributed by atoms with Crippen molar-refractivity contribution in [3.8, 4) is 0 Å². The molecule has 1 aliphatic carbocycles. The van der Waals surface area contributed by atoms with E-state index in [4.69, 9.17) is 4.74 Å². The summed E-state index contributed by atoms with van der Waals surface area (Å²) < 4.78 is 7.31. The van der Waals surface area contributed by atoms with Crippen molar-refractivity contribution in [3.05, 3.63) is 64.5 Å². The quantitative estimate of drug-likeness (QED) is 0.451. The van der Waals surface area contributed by atoms with Gasteiger partial charge in [-0.2, -0.15) is 0 Å². The normalized spacial score (nSPS) is 14.0. The first-order chi connectivity index (χ1) is 12.0. The summed E-state index contributed by atoms with van der Waals surface area (Å²) in [6, 6.07) is 10.2. The molecule has 1 aromatic carbocycles. The third-order valence-electron chi connectivity index (χ3n) is 4.53. The molecule has 2 aromatic rings. The maximum atomic E-state index is 12.4. The number of aryl methyl sites for hydroxylation is 2. The summed E-state index contributed by atoms with van der Waals surface area (Å²) in [5, 5.41) is 0. The molecule has 0 radical (unpaired) electrons. The number of esters is 1. The average Bonchev–Trinajstić information content (AvgIpc) is 3.37. The number of ketones is 1. The van der Waals surface area contributed by atoms with Crippen LogP contribution in [0.2, 0.25) is 0 Å². The summed E-state index contributed by atoms with van der Waals surface area (Å²) in [5.41, 5.74) is 4.79. The number of carbonyl (C=O) groups excluding carboxylic acids is 2. The second-order valence-electron chi connectivity index (χ2n) is 6.66. The number of benzene rings is 1. The van der Waals surface area contributed by atoms with Gasteiger partial charge < -0.3 is 9.30 Å². The van der Waals surface area contributed by atoms with Crippen molar-refractivity contribution in [2.75, 3.05) is 6.61 Å². The molecule has 0 aliphatic heterocycles. The molecule has 1 aromatic heterocycles. The van der Waals surface area contributed by atoms with Crippen molar-refractivity contribution in [2.24, 2.45) is 0 Å². The topological polar surface area (TPSA) is 48.3 Å². The Morgan fingerprint density at radius 2 is 1.84 bits per heavy atom. The fourth-order valence-electron chi connectivity index (χ4n) is 3.06. The number of hydrogen-bond acceptors (Lipinski definition) is 3. The lowest BCUT2D eigenvalue weighted by atomic mass is 10.1. The van der Waals surface area contributed by atoms with Gasteiger partial charge in [0.1, 0.15) is 0 Å². The van der Waals surface area contributed by atoms with Crippen LogP contribution in [-0.4, -0.2) is 22.9 Å². The molecule has 130 valence electrons. The van der Waals surface area contributed by atoms with Crippen molar-refractivity contribution < 1.29 is 14.3 Å². The van der Waals surface area contributed by atoms with Gasteiger partial charge in [-0.3, -0.25) is 4.79 Å². The smallest absolute Gasteiger partial charge is 0.331 e. The van der Waals surface area contributed by atoms with Crippen molar-refractivity contribution in [1.82, 2.24) is 4.57 Å². The summed E-state index contributed by atoms with van der Waals surface area (Å²) in [7, 11) is 0. The lowest BCUT2D eigenvalue weighted by Gasteiger charge is -2.07. The van der Waals surface area contributed by atoms with Gasteiger partial charge in [-0.1, -0.05) is 29.8 Å². The van der Waals surface area contributed by atoms with Gasteiger partial charge in [0, 0.05) is 29.1 Å². The van der Waals surface area contributed by atoms with Gasteiger partial charge in [0.2, 0.25) is 5.78 Å². The van der Waals surface area contributed by atoms with Crippen LogP contribution in [0.4, 0.5) is 0 Å². The van der Waals surface area contributed by atoms with Crippen molar-refractivity contribution >= 4 is 17.8 Å². The number of nitrogens with zero attached hydrogens (tertiary/aromatic N) is 1. The highest BCUT2D eigenvalue weighted by atomic mass is 16.5. The number of rotatable bonds is 6. The molecule has 0 saturated heterocycles. The fourth-order valence-corrected chi connectivity index (χ4v) is 3.06. The van der Waals surface area contributed by atoms with E-state index in [1.165, 1.54) is 18.9 Å². The fraction of sp³-hybridized carbons (Fsp3) is 0.333. The Kier molecular flexibility index (Phi) is 4.88. The van der Waals surface area contributed by atoms with Crippen molar-refractivity contribution in [1.29, 1.82) is 0 Å². The molecular formula is C21H23NO3. The average molecular weight is 337 g/mol. The Morgan fingerprint density at radius 3 is 2.48 bits per heavy atom. The number of aromatic nitrogens is 1. The Labute approximate surface area is 148 Å². The summed E-state index contributed by atoms with van der Waals surface area (Å²) in [6.45, 7) is 5.75. The van der Waals surface area contributed by atoms with Gasteiger partial charge in [0.25, 0.3) is 0 Å². The minimum atomic E-state index is -0.509. The maximum absolute atomic E-state index is 12.4. The molecule has 0 amide bonds. The zero-order valence-corrected chi connectivity index (χ0v) is 14.9. The largest absolute Gasteiger partial charge is 0.454 e. The summed E-state index contributed by atoms with van der Waals surface area (Å²) in [6.07, 6.45) is 5.38. The monoisotopic (exact) mass is 337 g/mol. The molecule has 0 atom stereocenters. The number of ether oxygens (including phenoxy) is 1. The van der Waals surface area contributed by atoms with Crippen LogP contribution < -0.4 is 0 Å². The van der Waals surface area contributed by atoms with E-state index in [-0.39, 0.29) is 12.4 Å². The van der Waals surface area contributed by atoms with E-state index in [9.17, 15) is 9.59 Å². The molecule has 1 fully saturated rings. The molecule has 0 N–H and O–H groups in total. The van der Waals surface area contributed by atoms with Gasteiger partial charge in [-0.05, 0) is 51.3 Å². The van der Waals surface area contributed by atoms with Gasteiger partial charge in [-0.25, -0.2) is 4.79 Å². The second kappa shape index (κ2) is 7.09. The highest BCUT2D eigenvalue weighted by Gasteiger charge is 2.28. The summed E-state index contributed by atoms with van der Waals surface area (Å²) in [5.74, 6) is -0.665. The van der Waals surface area contributed by atoms with Crippen LogP contribution in [0.5, 0.6) is 0 Å². The summed E-state index contributed by atoms with van der Waals surface area (Å²) >= 11 is 0. The minimum absolute atomic E-state index is 0.155. The molecule has 0 spiro atoms. The molecule has 0 unspecified atom stereocenters. The van der Waals surface area contributed by atoms with Crippen LogP contribution in [0.3, 0.4) is 0 Å². The van der Waals surface area contributed by atoms with E-state index in [0.717, 1.165) is 22.5 Å². The molecule has 25 heavy (non-hydrogen) atoms. The summed E-state index contributed by atoms with van der Waals surface area (Å²) in [4.78, 5) is 24.2. The maximum Gasteiger partial charge on any atom is 0.331 e. The molecule has 4 heteroatoms. The van der Waals surface area contributed by atoms with Gasteiger partial charge >= 0.3 is 5.97 Å². The molecule has 0 bridgehead atoms. The first-order valence-corrected chi connectivity index (χ1v) is 8.59. The first kappa shape index (κ1) is 17.2. The third kappa shape index (κ3) is 4.08. The molecular weight excluding hydrogens is 314 g/mol. The SMILES string of the molecule is Cc1ccc(/C=C/C(=O)OCC(=O)c2cc(C)n(C3CC3)c2C)cc1. The van der Waals surface area contributed by atoms with E-state index in [1.807, 2.05) is 51.1 Å². The third-order valence-corrected chi connectivity index (χ3v) is 4.53. The van der Waals surface area contributed by atoms with E-state index in [0.29, 0.717) is 11.6 Å². The number of carbonyl (C=O) groups is 2. The second-order valence-corrected chi connectivity index (χ2v) is 6.66. The van der Waals surface area contributed by atoms with Gasteiger partial charge in [0.05, 0.1) is 0 Å². The first-order valence-electron chi connectivity index (χ1n) is 8.59. The molecule has 1 heterocycles. The molecule has 4 nitrogen and oxygen atoms in total. The van der Waals surface area contributed by atoms with E-state index in [2.05, 4.69) is 4.57 Å². The van der Waals surface area contributed by atoms with E-state index >= 15 is 0 Å². The number of Topliss-reactive ketones (excluding diaryl/α,β-unsaturated/α-hetero) is 1. The van der Waals surface area contributed by atoms with Crippen LogP contribution in [0, 0.1) is 20.8 Å². The van der Waals surface area contributed by atoms with Crippen molar-refractivity contribution in [3.63, 3.8) is 0 Å². The molecule has 1 aliphatic rings. The van der Waals surface area contributed by atoms with Crippen LogP contribution in [-0.2, 0) is 9.53 Å². The Balaban J connectivity index is 1.57. The predicted molar refractivity (Wildman–Crippen MR) is 97.7 cm³/mol. The van der Waals surface area contributed by atoms with Crippen LogP contribution in [0.15, 0.2) is 36.4 Å². The van der Waals surface area contributed by atoms with Crippen molar-refractivity contribution in [2.45, 2.75) is 39.7 Å². The minimum Gasteiger partial charge on any atom is -0.454 e. The zero-order chi connectivity index (χ0) is 18.0. The molecule has 3 rings (SSSR count).